The van der Waals surface area contributed by atoms with Gasteiger partial charge in [-0.3, -0.25) is 0 Å². The van der Waals surface area contributed by atoms with E-state index in [4.69, 9.17) is 0 Å². The van der Waals surface area contributed by atoms with Crippen LogP contribution in [0.4, 0.5) is 0 Å². The van der Waals surface area contributed by atoms with Gasteiger partial charge in [-0.1, -0.05) is 30.3 Å². The van der Waals surface area contributed by atoms with E-state index in [-0.39, 0.29) is 5.25 Å². The van der Waals surface area contributed by atoms with Crippen LogP contribution in [0.25, 0.3) is 0 Å². The van der Waals surface area contributed by atoms with Crippen molar-refractivity contribution >= 4 is 9.84 Å². The fraction of sp³-hybridized carbons (Fsp3) is 0.538. The second-order valence-corrected chi connectivity index (χ2v) is 8.28. The van der Waals surface area contributed by atoms with Crippen LogP contribution in [0.1, 0.15) is 33.3 Å². The van der Waals surface area contributed by atoms with Gasteiger partial charge in [0.2, 0.25) is 0 Å². The maximum atomic E-state index is 12.2. The first-order valence-electron chi connectivity index (χ1n) is 5.52. The fourth-order valence-electron chi connectivity index (χ4n) is 1.66. The average Bonchev–Trinajstić information content (AvgIpc) is 2.17. The van der Waals surface area contributed by atoms with Crippen LogP contribution in [0.2, 0.25) is 0 Å². The molecule has 1 unspecified atom stereocenters. The molecule has 1 aromatic rings. The summed E-state index contributed by atoms with van der Waals surface area (Å²) in [7, 11) is -3.07. The third-order valence-electron chi connectivity index (χ3n) is 2.75. The minimum absolute atomic E-state index is 0.338. The molecule has 0 saturated carbocycles. The Hall–Kier alpha value is -0.830. The summed E-state index contributed by atoms with van der Waals surface area (Å²) in [5.74, 6) is 0. The zero-order valence-corrected chi connectivity index (χ0v) is 11.2. The molecule has 1 aromatic carbocycles. The summed E-state index contributed by atoms with van der Waals surface area (Å²) in [6.45, 7) is 7.05. The van der Waals surface area contributed by atoms with Crippen molar-refractivity contribution < 1.29 is 8.42 Å². The average molecular weight is 240 g/mol. The van der Waals surface area contributed by atoms with E-state index in [0.29, 0.717) is 6.42 Å². The van der Waals surface area contributed by atoms with Crippen LogP contribution in [-0.4, -0.2) is 18.4 Å². The minimum Gasteiger partial charge on any atom is -0.228 e. The van der Waals surface area contributed by atoms with Crippen LogP contribution in [0.3, 0.4) is 0 Å². The fourth-order valence-corrected chi connectivity index (χ4v) is 3.28. The molecule has 2 nitrogen and oxygen atoms in total. The zero-order chi connectivity index (χ0) is 12.4. The van der Waals surface area contributed by atoms with E-state index in [1.54, 1.807) is 27.7 Å². The first-order valence-corrected chi connectivity index (χ1v) is 7.07. The van der Waals surface area contributed by atoms with Gasteiger partial charge in [0.15, 0.2) is 9.84 Å². The molecule has 0 aliphatic rings. The van der Waals surface area contributed by atoms with Crippen molar-refractivity contribution in [1.82, 2.24) is 0 Å². The highest BCUT2D eigenvalue weighted by Crippen LogP contribution is 2.22. The van der Waals surface area contributed by atoms with Gasteiger partial charge >= 0.3 is 0 Å². The van der Waals surface area contributed by atoms with Crippen molar-refractivity contribution in [1.29, 1.82) is 0 Å². The van der Waals surface area contributed by atoms with Gasteiger partial charge in [0.1, 0.15) is 0 Å². The van der Waals surface area contributed by atoms with E-state index >= 15 is 0 Å². The van der Waals surface area contributed by atoms with Crippen LogP contribution in [0.5, 0.6) is 0 Å². The first-order chi connectivity index (χ1) is 7.25. The Labute approximate surface area is 98.6 Å². The summed E-state index contributed by atoms with van der Waals surface area (Å²) in [4.78, 5) is 0. The molecule has 0 amide bonds. The standard InChI is InChI=1S/C13H20O2S/c1-11(16(14,15)13(2,3)4)10-12-8-6-5-7-9-12/h5-9,11H,10H2,1-4H3. The molecule has 0 aliphatic carbocycles. The topological polar surface area (TPSA) is 34.1 Å². The molecule has 0 saturated heterocycles. The normalized spacial score (nSPS) is 14.8. The molecule has 0 spiro atoms. The molecule has 0 fully saturated rings. The lowest BCUT2D eigenvalue weighted by Gasteiger charge is -2.24. The Morgan fingerprint density at radius 2 is 1.62 bits per heavy atom. The molecule has 3 heteroatoms. The zero-order valence-electron chi connectivity index (χ0n) is 10.4. The smallest absolute Gasteiger partial charge is 0.158 e. The highest BCUT2D eigenvalue weighted by molar-refractivity contribution is 7.93. The van der Waals surface area contributed by atoms with Crippen molar-refractivity contribution in [2.45, 2.75) is 44.1 Å². The second-order valence-electron chi connectivity index (χ2n) is 5.16. The molecule has 90 valence electrons. The Morgan fingerprint density at radius 1 is 1.12 bits per heavy atom. The molecule has 1 rings (SSSR count). The molecular formula is C13H20O2S. The van der Waals surface area contributed by atoms with Gasteiger partial charge in [-0.2, -0.15) is 0 Å². The van der Waals surface area contributed by atoms with Crippen LogP contribution in [-0.2, 0) is 16.3 Å². The summed E-state index contributed by atoms with van der Waals surface area (Å²) in [6.07, 6.45) is 0.584. The molecule has 0 radical (unpaired) electrons. The highest BCUT2D eigenvalue weighted by atomic mass is 32.2. The van der Waals surface area contributed by atoms with Gasteiger partial charge in [0.05, 0.1) is 10.00 Å². The largest absolute Gasteiger partial charge is 0.228 e. The van der Waals surface area contributed by atoms with E-state index in [2.05, 4.69) is 0 Å². The summed E-state index contributed by atoms with van der Waals surface area (Å²) in [5, 5.41) is -0.338. The lowest BCUT2D eigenvalue weighted by Crippen LogP contribution is -2.36. The summed E-state index contributed by atoms with van der Waals surface area (Å²) in [5.41, 5.74) is 1.07. The van der Waals surface area contributed by atoms with Crippen LogP contribution in [0, 0.1) is 0 Å². The van der Waals surface area contributed by atoms with Crippen LogP contribution in [0.15, 0.2) is 30.3 Å². The summed E-state index contributed by atoms with van der Waals surface area (Å²) >= 11 is 0. The summed E-state index contributed by atoms with van der Waals surface area (Å²) in [6, 6.07) is 9.74. The van der Waals surface area contributed by atoms with Gasteiger partial charge < -0.3 is 0 Å². The number of hydrogen-bond donors (Lipinski definition) is 0. The number of hydrogen-bond acceptors (Lipinski definition) is 2. The molecule has 0 aliphatic heterocycles. The van der Waals surface area contributed by atoms with Crippen molar-refractivity contribution in [3.05, 3.63) is 35.9 Å². The van der Waals surface area contributed by atoms with Gasteiger partial charge in [0.25, 0.3) is 0 Å². The van der Waals surface area contributed by atoms with Crippen molar-refractivity contribution in [2.75, 3.05) is 0 Å². The third-order valence-corrected chi connectivity index (χ3v) is 5.68. The van der Waals surface area contributed by atoms with Gasteiger partial charge in [-0.05, 0) is 39.7 Å². The van der Waals surface area contributed by atoms with Gasteiger partial charge in [0, 0.05) is 0 Å². The summed E-state index contributed by atoms with van der Waals surface area (Å²) < 4.78 is 23.6. The predicted molar refractivity (Wildman–Crippen MR) is 68.3 cm³/mol. The molecular weight excluding hydrogens is 220 g/mol. The lowest BCUT2D eigenvalue weighted by atomic mass is 10.1. The molecule has 0 bridgehead atoms. The Morgan fingerprint density at radius 3 is 2.06 bits per heavy atom. The minimum atomic E-state index is -3.07. The second kappa shape index (κ2) is 4.58. The van der Waals surface area contributed by atoms with Gasteiger partial charge in [-0.15, -0.1) is 0 Å². The van der Waals surface area contributed by atoms with Crippen molar-refractivity contribution in [2.24, 2.45) is 0 Å². The van der Waals surface area contributed by atoms with Crippen LogP contribution >= 0.6 is 0 Å². The Kier molecular flexibility index (Phi) is 3.79. The van der Waals surface area contributed by atoms with E-state index in [9.17, 15) is 8.42 Å². The number of rotatable bonds is 3. The first kappa shape index (κ1) is 13.2. The van der Waals surface area contributed by atoms with E-state index in [0.717, 1.165) is 5.56 Å². The van der Waals surface area contributed by atoms with Gasteiger partial charge in [-0.25, -0.2) is 8.42 Å². The van der Waals surface area contributed by atoms with E-state index in [1.165, 1.54) is 0 Å². The number of benzene rings is 1. The molecule has 0 heterocycles. The lowest BCUT2D eigenvalue weighted by molar-refractivity contribution is 0.546. The molecule has 1 atom stereocenters. The van der Waals surface area contributed by atoms with Crippen LogP contribution < -0.4 is 0 Å². The molecule has 0 N–H and O–H groups in total. The highest BCUT2D eigenvalue weighted by Gasteiger charge is 2.34. The van der Waals surface area contributed by atoms with E-state index in [1.807, 2.05) is 30.3 Å². The molecule has 0 aromatic heterocycles. The third kappa shape index (κ3) is 2.85. The molecule has 16 heavy (non-hydrogen) atoms. The van der Waals surface area contributed by atoms with E-state index < -0.39 is 14.6 Å². The quantitative estimate of drug-likeness (QED) is 0.814. The number of sulfone groups is 1. The van der Waals surface area contributed by atoms with Crippen molar-refractivity contribution in [3.8, 4) is 0 Å². The monoisotopic (exact) mass is 240 g/mol. The maximum absolute atomic E-state index is 12.2. The van der Waals surface area contributed by atoms with Crippen molar-refractivity contribution in [3.63, 3.8) is 0 Å². The Bertz CT molecular complexity index is 427. The maximum Gasteiger partial charge on any atom is 0.158 e. The predicted octanol–water partition coefficient (Wildman–Crippen LogP) is 2.83. The Balaban J connectivity index is 2.86. The SMILES string of the molecule is CC(Cc1ccccc1)S(=O)(=O)C(C)(C)C.